The Morgan fingerprint density at radius 2 is 1.64 bits per heavy atom. The van der Waals surface area contributed by atoms with E-state index in [0.717, 1.165) is 11.4 Å². The summed E-state index contributed by atoms with van der Waals surface area (Å²) in [6.07, 6.45) is 0. The predicted molar refractivity (Wildman–Crippen MR) is 100 cm³/mol. The van der Waals surface area contributed by atoms with E-state index in [1.54, 1.807) is 31.4 Å². The Morgan fingerprint density at radius 1 is 1.00 bits per heavy atom. The highest BCUT2D eigenvalue weighted by atomic mass is 16.5. The van der Waals surface area contributed by atoms with Gasteiger partial charge in [0, 0.05) is 18.3 Å². The van der Waals surface area contributed by atoms with Crippen LogP contribution in [-0.2, 0) is 4.79 Å². The predicted octanol–water partition coefficient (Wildman–Crippen LogP) is 3.33. The normalized spacial score (nSPS) is 11.7. The van der Waals surface area contributed by atoms with Crippen molar-refractivity contribution in [2.75, 3.05) is 25.6 Å². The molecule has 0 spiro atoms. The summed E-state index contributed by atoms with van der Waals surface area (Å²) < 4.78 is 10.6. The average molecular weight is 342 g/mol. The number of hydrogen-bond donors (Lipinski definition) is 2. The molecule has 0 saturated heterocycles. The Kier molecular flexibility index (Phi) is 7.14. The zero-order valence-corrected chi connectivity index (χ0v) is 15.0. The number of benzene rings is 2. The van der Waals surface area contributed by atoms with E-state index >= 15 is 0 Å². The summed E-state index contributed by atoms with van der Waals surface area (Å²) in [4.78, 5) is 12.0. The summed E-state index contributed by atoms with van der Waals surface area (Å²) in [6.45, 7) is 4.78. The Balaban J connectivity index is 1.78. The number of hydrogen-bond acceptors (Lipinski definition) is 4. The molecule has 0 radical (unpaired) electrons. The lowest BCUT2D eigenvalue weighted by atomic mass is 10.0. The summed E-state index contributed by atoms with van der Waals surface area (Å²) in [6, 6.07) is 17.3. The Bertz CT molecular complexity index is 642. The number of anilines is 1. The van der Waals surface area contributed by atoms with Gasteiger partial charge in [0.05, 0.1) is 7.11 Å². The van der Waals surface area contributed by atoms with Gasteiger partial charge in [-0.2, -0.15) is 0 Å². The molecular formula is C20H26N2O3. The molecule has 1 amide bonds. The third-order valence-corrected chi connectivity index (χ3v) is 3.88. The third kappa shape index (κ3) is 6.37. The number of para-hydroxylation sites is 1. The van der Waals surface area contributed by atoms with Crippen LogP contribution in [0, 0.1) is 5.92 Å². The summed E-state index contributed by atoms with van der Waals surface area (Å²) in [5, 5.41) is 6.38. The van der Waals surface area contributed by atoms with E-state index in [9.17, 15) is 4.79 Å². The first-order valence-corrected chi connectivity index (χ1v) is 8.43. The quantitative estimate of drug-likeness (QED) is 0.734. The molecule has 0 fully saturated rings. The van der Waals surface area contributed by atoms with E-state index in [2.05, 4.69) is 24.5 Å². The van der Waals surface area contributed by atoms with Crippen molar-refractivity contribution < 1.29 is 14.3 Å². The molecule has 1 unspecified atom stereocenters. The standard InChI is InChI=1S/C20H26N2O3/c1-15(2)19(22-16-7-5-4-6-8-16)13-21-20(23)14-25-18-11-9-17(24-3)10-12-18/h4-12,15,19,22H,13-14H2,1-3H3,(H,21,23). The summed E-state index contributed by atoms with van der Waals surface area (Å²) in [5.41, 5.74) is 1.05. The first-order valence-electron chi connectivity index (χ1n) is 8.43. The number of ether oxygens (including phenoxy) is 2. The molecule has 2 aromatic rings. The van der Waals surface area contributed by atoms with Gasteiger partial charge in [-0.1, -0.05) is 32.0 Å². The fraction of sp³-hybridized carbons (Fsp3) is 0.350. The van der Waals surface area contributed by atoms with Gasteiger partial charge in [0.1, 0.15) is 11.5 Å². The topological polar surface area (TPSA) is 59.6 Å². The number of methoxy groups -OCH3 is 1. The second kappa shape index (κ2) is 9.57. The number of carbonyl (C=O) groups is 1. The molecule has 0 heterocycles. The van der Waals surface area contributed by atoms with E-state index in [0.29, 0.717) is 18.2 Å². The second-order valence-electron chi connectivity index (χ2n) is 6.13. The Labute approximate surface area is 149 Å². The molecule has 0 aliphatic rings. The molecule has 25 heavy (non-hydrogen) atoms. The lowest BCUT2D eigenvalue weighted by Gasteiger charge is -2.24. The average Bonchev–Trinajstić information content (AvgIpc) is 2.64. The molecule has 1 atom stereocenters. The summed E-state index contributed by atoms with van der Waals surface area (Å²) >= 11 is 0. The van der Waals surface area contributed by atoms with Crippen molar-refractivity contribution in [3.8, 4) is 11.5 Å². The number of carbonyl (C=O) groups excluding carboxylic acids is 1. The van der Waals surface area contributed by atoms with E-state index < -0.39 is 0 Å². The van der Waals surface area contributed by atoms with Crippen LogP contribution < -0.4 is 20.1 Å². The Hall–Kier alpha value is -2.69. The Morgan fingerprint density at radius 3 is 2.24 bits per heavy atom. The van der Waals surface area contributed by atoms with Crippen LogP contribution in [-0.4, -0.2) is 32.2 Å². The SMILES string of the molecule is COc1ccc(OCC(=O)NCC(Nc2ccccc2)C(C)C)cc1. The van der Waals surface area contributed by atoms with Crippen LogP contribution in [0.3, 0.4) is 0 Å². The van der Waals surface area contributed by atoms with Gasteiger partial charge in [-0.3, -0.25) is 4.79 Å². The van der Waals surface area contributed by atoms with Crippen LogP contribution in [0.1, 0.15) is 13.8 Å². The first-order chi connectivity index (χ1) is 12.1. The van der Waals surface area contributed by atoms with Crippen LogP contribution >= 0.6 is 0 Å². The minimum absolute atomic E-state index is 0.0114. The van der Waals surface area contributed by atoms with Crippen molar-refractivity contribution in [2.24, 2.45) is 5.92 Å². The van der Waals surface area contributed by atoms with E-state index in [4.69, 9.17) is 9.47 Å². The van der Waals surface area contributed by atoms with Crippen molar-refractivity contribution in [2.45, 2.75) is 19.9 Å². The van der Waals surface area contributed by atoms with Gasteiger partial charge in [-0.15, -0.1) is 0 Å². The largest absolute Gasteiger partial charge is 0.497 e. The lowest BCUT2D eigenvalue weighted by Crippen LogP contribution is -2.41. The molecule has 5 heteroatoms. The van der Waals surface area contributed by atoms with Gasteiger partial charge in [0.2, 0.25) is 0 Å². The molecule has 0 aromatic heterocycles. The minimum Gasteiger partial charge on any atom is -0.497 e. The lowest BCUT2D eigenvalue weighted by molar-refractivity contribution is -0.123. The van der Waals surface area contributed by atoms with Gasteiger partial charge >= 0.3 is 0 Å². The van der Waals surface area contributed by atoms with Crippen molar-refractivity contribution in [3.05, 3.63) is 54.6 Å². The maximum Gasteiger partial charge on any atom is 0.258 e. The zero-order chi connectivity index (χ0) is 18.1. The number of nitrogens with one attached hydrogen (secondary N) is 2. The molecule has 0 aliphatic carbocycles. The van der Waals surface area contributed by atoms with Crippen LogP contribution in [0.2, 0.25) is 0 Å². The molecule has 5 nitrogen and oxygen atoms in total. The van der Waals surface area contributed by atoms with Crippen molar-refractivity contribution >= 4 is 11.6 Å². The van der Waals surface area contributed by atoms with E-state index in [1.807, 2.05) is 30.3 Å². The zero-order valence-electron chi connectivity index (χ0n) is 15.0. The van der Waals surface area contributed by atoms with Crippen molar-refractivity contribution in [1.29, 1.82) is 0 Å². The van der Waals surface area contributed by atoms with Crippen LogP contribution in [0.15, 0.2) is 54.6 Å². The smallest absolute Gasteiger partial charge is 0.258 e. The van der Waals surface area contributed by atoms with Crippen LogP contribution in [0.25, 0.3) is 0 Å². The highest BCUT2D eigenvalue weighted by Crippen LogP contribution is 2.16. The molecule has 0 aliphatic heterocycles. The van der Waals surface area contributed by atoms with Gasteiger partial charge < -0.3 is 20.1 Å². The van der Waals surface area contributed by atoms with Crippen LogP contribution in [0.5, 0.6) is 11.5 Å². The minimum atomic E-state index is -0.142. The highest BCUT2D eigenvalue weighted by Gasteiger charge is 2.14. The molecule has 0 saturated carbocycles. The monoisotopic (exact) mass is 342 g/mol. The first kappa shape index (κ1) is 18.6. The fourth-order valence-corrected chi connectivity index (χ4v) is 2.30. The molecule has 134 valence electrons. The van der Waals surface area contributed by atoms with E-state index in [-0.39, 0.29) is 18.6 Å². The van der Waals surface area contributed by atoms with E-state index in [1.165, 1.54) is 0 Å². The third-order valence-electron chi connectivity index (χ3n) is 3.88. The van der Waals surface area contributed by atoms with Crippen LogP contribution in [0.4, 0.5) is 5.69 Å². The molecule has 2 aromatic carbocycles. The highest BCUT2D eigenvalue weighted by molar-refractivity contribution is 5.77. The molecule has 2 rings (SSSR count). The van der Waals surface area contributed by atoms with Crippen molar-refractivity contribution in [3.63, 3.8) is 0 Å². The summed E-state index contributed by atoms with van der Waals surface area (Å²) in [7, 11) is 1.61. The maximum atomic E-state index is 12.0. The van der Waals surface area contributed by atoms with Gasteiger partial charge in [0.15, 0.2) is 6.61 Å². The second-order valence-corrected chi connectivity index (χ2v) is 6.13. The molecular weight excluding hydrogens is 316 g/mol. The number of rotatable bonds is 9. The summed E-state index contributed by atoms with van der Waals surface area (Å²) in [5.74, 6) is 1.63. The van der Waals surface area contributed by atoms with Gasteiger partial charge in [-0.25, -0.2) is 0 Å². The molecule has 2 N–H and O–H groups in total. The van der Waals surface area contributed by atoms with Crippen molar-refractivity contribution in [1.82, 2.24) is 5.32 Å². The fourth-order valence-electron chi connectivity index (χ4n) is 2.30. The molecule has 0 bridgehead atoms. The number of amides is 1. The maximum absolute atomic E-state index is 12.0. The van der Waals surface area contributed by atoms with Gasteiger partial charge in [-0.05, 0) is 42.3 Å². The van der Waals surface area contributed by atoms with Gasteiger partial charge in [0.25, 0.3) is 5.91 Å².